The molecule has 1 unspecified atom stereocenters. The van der Waals surface area contributed by atoms with E-state index in [0.29, 0.717) is 6.42 Å². The fourth-order valence-electron chi connectivity index (χ4n) is 3.99. The van der Waals surface area contributed by atoms with Gasteiger partial charge in [0.05, 0.1) is 12.2 Å². The zero-order valence-electron chi connectivity index (χ0n) is 20.7. The maximum absolute atomic E-state index is 12.4. The second-order valence-corrected chi connectivity index (χ2v) is 9.76. The Balaban J connectivity index is 1.44. The molecule has 35 heavy (non-hydrogen) atoms. The predicted molar refractivity (Wildman–Crippen MR) is 132 cm³/mol. The highest BCUT2D eigenvalue weighted by Gasteiger charge is 2.29. The quantitative estimate of drug-likeness (QED) is 0.473. The SMILES string of the molecule is CC(CCNC(=O)OCC1c2ccccc2-c2ccccc21)C(=O)N[C@@H](COC(C)(C)C)C(=O)O. The molecule has 0 bridgehead atoms. The Morgan fingerprint density at radius 3 is 2.11 bits per heavy atom. The van der Waals surface area contributed by atoms with Crippen molar-refractivity contribution in [3.05, 3.63) is 59.7 Å². The summed E-state index contributed by atoms with van der Waals surface area (Å²) in [6.45, 7) is 7.42. The van der Waals surface area contributed by atoms with Crippen LogP contribution in [0.5, 0.6) is 0 Å². The molecular weight excluding hydrogens is 448 g/mol. The van der Waals surface area contributed by atoms with E-state index in [-0.39, 0.29) is 25.7 Å². The minimum absolute atomic E-state index is 0.0267. The summed E-state index contributed by atoms with van der Waals surface area (Å²) in [6, 6.07) is 15.1. The number of hydrogen-bond donors (Lipinski definition) is 3. The summed E-state index contributed by atoms with van der Waals surface area (Å²) in [5, 5.41) is 14.5. The molecule has 3 rings (SSSR count). The number of alkyl carbamates (subject to hydrolysis) is 1. The first kappa shape index (κ1) is 26.2. The van der Waals surface area contributed by atoms with Crippen molar-refractivity contribution in [2.24, 2.45) is 5.92 Å². The highest BCUT2D eigenvalue weighted by atomic mass is 16.5. The summed E-state index contributed by atoms with van der Waals surface area (Å²) in [7, 11) is 0. The van der Waals surface area contributed by atoms with Crippen molar-refractivity contribution in [2.75, 3.05) is 19.8 Å². The summed E-state index contributed by atoms with van der Waals surface area (Å²) in [5.74, 6) is -2.10. The summed E-state index contributed by atoms with van der Waals surface area (Å²) in [5.41, 5.74) is 4.07. The summed E-state index contributed by atoms with van der Waals surface area (Å²) >= 11 is 0. The van der Waals surface area contributed by atoms with Crippen LogP contribution in [0.25, 0.3) is 11.1 Å². The number of carboxylic acid groups (broad SMARTS) is 1. The zero-order chi connectivity index (χ0) is 25.6. The maximum atomic E-state index is 12.4. The first-order chi connectivity index (χ1) is 16.6. The lowest BCUT2D eigenvalue weighted by Gasteiger charge is -2.24. The monoisotopic (exact) mass is 482 g/mol. The molecule has 0 saturated heterocycles. The average molecular weight is 483 g/mol. The van der Waals surface area contributed by atoms with Crippen molar-refractivity contribution < 1.29 is 29.0 Å². The van der Waals surface area contributed by atoms with Gasteiger partial charge in [0.25, 0.3) is 0 Å². The van der Waals surface area contributed by atoms with Crippen molar-refractivity contribution in [1.29, 1.82) is 0 Å². The van der Waals surface area contributed by atoms with E-state index in [9.17, 15) is 19.5 Å². The molecule has 8 nitrogen and oxygen atoms in total. The van der Waals surface area contributed by atoms with Crippen molar-refractivity contribution in [3.8, 4) is 11.1 Å². The van der Waals surface area contributed by atoms with E-state index in [1.54, 1.807) is 6.92 Å². The minimum atomic E-state index is -1.16. The van der Waals surface area contributed by atoms with Crippen LogP contribution in [0.1, 0.15) is 51.2 Å². The minimum Gasteiger partial charge on any atom is -0.480 e. The first-order valence-corrected chi connectivity index (χ1v) is 11.8. The second-order valence-electron chi connectivity index (χ2n) is 9.76. The number of benzene rings is 2. The van der Waals surface area contributed by atoms with Crippen molar-refractivity contribution in [3.63, 3.8) is 0 Å². The highest BCUT2D eigenvalue weighted by Crippen LogP contribution is 2.44. The standard InChI is InChI=1S/C27H34N2O6/c1-17(24(30)29-23(25(31)32)16-35-27(2,3)4)13-14-28-26(33)34-15-22-20-11-7-5-9-18(20)19-10-6-8-12-21(19)22/h5-12,17,22-23H,13-16H2,1-4H3,(H,28,33)(H,29,30)(H,31,32)/t17?,23-/m0/s1. The van der Waals surface area contributed by atoms with Crippen LogP contribution < -0.4 is 10.6 Å². The van der Waals surface area contributed by atoms with Gasteiger partial charge < -0.3 is 25.2 Å². The van der Waals surface area contributed by atoms with Gasteiger partial charge in [-0.25, -0.2) is 9.59 Å². The summed E-state index contributed by atoms with van der Waals surface area (Å²) in [6.07, 6.45) is -0.218. The number of fused-ring (bicyclic) bond motifs is 3. The Hall–Kier alpha value is -3.39. The number of aliphatic carboxylic acids is 1. The summed E-state index contributed by atoms with van der Waals surface area (Å²) in [4.78, 5) is 36.2. The van der Waals surface area contributed by atoms with E-state index in [1.807, 2.05) is 45.0 Å². The van der Waals surface area contributed by atoms with Crippen LogP contribution >= 0.6 is 0 Å². The predicted octanol–water partition coefficient (Wildman–Crippen LogP) is 3.94. The van der Waals surface area contributed by atoms with Gasteiger partial charge in [0.2, 0.25) is 5.91 Å². The molecule has 3 N–H and O–H groups in total. The molecule has 0 aromatic heterocycles. The molecule has 0 saturated carbocycles. The fraction of sp³-hybridized carbons (Fsp3) is 0.444. The molecule has 2 amide bonds. The van der Waals surface area contributed by atoms with Gasteiger partial charge >= 0.3 is 12.1 Å². The molecule has 2 aromatic carbocycles. The lowest BCUT2D eigenvalue weighted by molar-refractivity contribution is -0.146. The molecule has 8 heteroatoms. The van der Waals surface area contributed by atoms with Crippen LogP contribution in [-0.4, -0.2) is 54.5 Å². The molecule has 1 aliphatic carbocycles. The number of hydrogen-bond acceptors (Lipinski definition) is 5. The molecule has 2 aromatic rings. The highest BCUT2D eigenvalue weighted by molar-refractivity contribution is 5.85. The Bertz CT molecular complexity index is 1020. The number of nitrogens with one attached hydrogen (secondary N) is 2. The molecule has 0 radical (unpaired) electrons. The fourth-order valence-corrected chi connectivity index (χ4v) is 3.99. The maximum Gasteiger partial charge on any atom is 0.407 e. The molecule has 0 heterocycles. The van der Waals surface area contributed by atoms with E-state index in [2.05, 4.69) is 34.9 Å². The zero-order valence-corrected chi connectivity index (χ0v) is 20.7. The molecular formula is C27H34N2O6. The number of carbonyl (C=O) groups is 3. The van der Waals surface area contributed by atoms with Gasteiger partial charge in [-0.15, -0.1) is 0 Å². The van der Waals surface area contributed by atoms with E-state index in [4.69, 9.17) is 9.47 Å². The van der Waals surface area contributed by atoms with Crippen LogP contribution in [0.15, 0.2) is 48.5 Å². The third kappa shape index (κ3) is 7.05. The van der Waals surface area contributed by atoms with Gasteiger partial charge in [-0.05, 0) is 49.4 Å². The summed E-state index contributed by atoms with van der Waals surface area (Å²) < 4.78 is 11.0. The first-order valence-electron chi connectivity index (χ1n) is 11.8. The van der Waals surface area contributed by atoms with Gasteiger partial charge in [0.1, 0.15) is 6.61 Å². The Morgan fingerprint density at radius 1 is 1.00 bits per heavy atom. The van der Waals surface area contributed by atoms with E-state index < -0.39 is 35.5 Å². The largest absolute Gasteiger partial charge is 0.480 e. The van der Waals surface area contributed by atoms with E-state index in [1.165, 1.54) is 0 Å². The third-order valence-corrected chi connectivity index (χ3v) is 5.94. The lowest BCUT2D eigenvalue weighted by Crippen LogP contribution is -2.47. The average Bonchev–Trinajstić information content (AvgIpc) is 3.13. The van der Waals surface area contributed by atoms with Gasteiger partial charge in [0.15, 0.2) is 6.04 Å². The normalized spacial score (nSPS) is 14.4. The number of rotatable bonds is 10. The molecule has 0 aliphatic heterocycles. The lowest BCUT2D eigenvalue weighted by atomic mass is 9.98. The molecule has 0 fully saturated rings. The van der Waals surface area contributed by atoms with Crippen molar-refractivity contribution >= 4 is 18.0 Å². The van der Waals surface area contributed by atoms with Crippen molar-refractivity contribution in [1.82, 2.24) is 10.6 Å². The third-order valence-electron chi connectivity index (χ3n) is 5.94. The number of amides is 2. The van der Waals surface area contributed by atoms with Crippen LogP contribution in [0.4, 0.5) is 4.79 Å². The van der Waals surface area contributed by atoms with E-state index in [0.717, 1.165) is 22.3 Å². The van der Waals surface area contributed by atoms with Crippen LogP contribution in [0.2, 0.25) is 0 Å². The molecule has 188 valence electrons. The molecule has 2 atom stereocenters. The van der Waals surface area contributed by atoms with Crippen LogP contribution in [0.3, 0.4) is 0 Å². The number of ether oxygens (including phenoxy) is 2. The Morgan fingerprint density at radius 2 is 1.57 bits per heavy atom. The number of carboxylic acids is 1. The Kier molecular flexibility index (Phi) is 8.51. The molecule has 1 aliphatic rings. The van der Waals surface area contributed by atoms with Crippen LogP contribution in [0, 0.1) is 5.92 Å². The van der Waals surface area contributed by atoms with Crippen molar-refractivity contribution in [2.45, 2.75) is 51.7 Å². The Labute approximate surface area is 206 Å². The number of carbonyl (C=O) groups excluding carboxylic acids is 2. The van der Waals surface area contributed by atoms with E-state index >= 15 is 0 Å². The topological polar surface area (TPSA) is 114 Å². The smallest absolute Gasteiger partial charge is 0.407 e. The van der Waals surface area contributed by atoms with Gasteiger partial charge in [0, 0.05) is 18.4 Å². The van der Waals surface area contributed by atoms with Gasteiger partial charge in [-0.2, -0.15) is 0 Å². The second kappa shape index (κ2) is 11.4. The van der Waals surface area contributed by atoms with Gasteiger partial charge in [-0.3, -0.25) is 4.79 Å². The molecule has 0 spiro atoms. The van der Waals surface area contributed by atoms with Crippen LogP contribution in [-0.2, 0) is 19.1 Å². The van der Waals surface area contributed by atoms with Gasteiger partial charge in [-0.1, -0.05) is 55.5 Å².